The van der Waals surface area contributed by atoms with Crippen LogP contribution in [0.15, 0.2) is 58.2 Å². The summed E-state index contributed by atoms with van der Waals surface area (Å²) in [4.78, 5) is 12.8. The summed E-state index contributed by atoms with van der Waals surface area (Å²) in [6.07, 6.45) is 0. The molecular formula is C19H18N3O5S-. The molecule has 146 valence electrons. The molecule has 1 aliphatic rings. The second-order valence-corrected chi connectivity index (χ2v) is 7.89. The quantitative estimate of drug-likeness (QED) is 0.671. The predicted octanol–water partition coefficient (Wildman–Crippen LogP) is 2.65. The highest BCUT2D eigenvalue weighted by atomic mass is 32.2. The topological polar surface area (TPSA) is 93.6 Å². The first kappa shape index (κ1) is 18.2. The summed E-state index contributed by atoms with van der Waals surface area (Å²) < 4.78 is 43.3. The third-order valence-corrected chi connectivity index (χ3v) is 5.82. The van der Waals surface area contributed by atoms with Gasteiger partial charge in [-0.15, -0.1) is 0 Å². The number of rotatable bonds is 4. The lowest BCUT2D eigenvalue weighted by molar-refractivity contribution is 0.171. The molecule has 2 aromatic carbocycles. The van der Waals surface area contributed by atoms with Gasteiger partial charge in [0.1, 0.15) is 23.2 Å². The fourth-order valence-electron chi connectivity index (χ4n) is 3.02. The van der Waals surface area contributed by atoms with Crippen molar-refractivity contribution >= 4 is 15.7 Å². The molecule has 8 nitrogen and oxygen atoms in total. The number of benzene rings is 2. The first-order valence-electron chi connectivity index (χ1n) is 8.60. The number of hydrogen-bond donors (Lipinski definition) is 0. The number of nitrogens with zero attached hydrogens (tertiary/aromatic N) is 3. The molecule has 9 heteroatoms. The van der Waals surface area contributed by atoms with Gasteiger partial charge in [0.15, 0.2) is 11.5 Å². The molecule has 28 heavy (non-hydrogen) atoms. The van der Waals surface area contributed by atoms with E-state index in [9.17, 15) is 13.2 Å². The number of sulfonamides is 1. The van der Waals surface area contributed by atoms with E-state index < -0.39 is 15.6 Å². The van der Waals surface area contributed by atoms with Crippen LogP contribution in [0.3, 0.4) is 0 Å². The van der Waals surface area contributed by atoms with E-state index in [1.165, 1.54) is 22.9 Å². The molecule has 0 unspecified atom stereocenters. The zero-order valence-corrected chi connectivity index (χ0v) is 16.1. The maximum atomic E-state index is 12.9. The SMILES string of the molecule is Cc1c([N-]S(=O)(=O)c2ccc3c(c2)OCCO3)c(=O)n(-c2ccccc2)n1C. The average molecular weight is 400 g/mol. The Labute approximate surface area is 162 Å². The van der Waals surface area contributed by atoms with Crippen LogP contribution in [-0.2, 0) is 17.1 Å². The highest BCUT2D eigenvalue weighted by molar-refractivity contribution is 7.94. The Kier molecular flexibility index (Phi) is 4.38. The Morgan fingerprint density at radius 3 is 2.39 bits per heavy atom. The lowest BCUT2D eigenvalue weighted by Gasteiger charge is -2.23. The average Bonchev–Trinajstić information content (AvgIpc) is 2.91. The van der Waals surface area contributed by atoms with Crippen molar-refractivity contribution < 1.29 is 17.9 Å². The Balaban J connectivity index is 1.74. The van der Waals surface area contributed by atoms with Crippen LogP contribution in [0.5, 0.6) is 11.5 Å². The Morgan fingerprint density at radius 2 is 1.68 bits per heavy atom. The van der Waals surface area contributed by atoms with Crippen molar-refractivity contribution in [1.82, 2.24) is 9.36 Å². The second-order valence-electron chi connectivity index (χ2n) is 6.28. The van der Waals surface area contributed by atoms with E-state index in [0.29, 0.717) is 36.1 Å². The van der Waals surface area contributed by atoms with E-state index in [4.69, 9.17) is 9.47 Å². The van der Waals surface area contributed by atoms with Gasteiger partial charge in [-0.1, -0.05) is 18.2 Å². The highest BCUT2D eigenvalue weighted by Crippen LogP contribution is 2.35. The van der Waals surface area contributed by atoms with E-state index in [2.05, 4.69) is 4.72 Å². The molecule has 0 saturated carbocycles. The molecule has 0 saturated heterocycles. The molecule has 4 rings (SSSR count). The van der Waals surface area contributed by atoms with Gasteiger partial charge in [-0.25, -0.2) is 13.1 Å². The Morgan fingerprint density at radius 1 is 1.00 bits per heavy atom. The monoisotopic (exact) mass is 400 g/mol. The standard InChI is InChI=1S/C19H18N3O5S/c1-13-18(19(23)22(21(13)2)14-6-4-3-5-7-14)20-28(24,25)15-8-9-16-17(12-15)27-11-10-26-16/h3-9,12H,10-11H2,1-2H3/q-1. The molecule has 0 bridgehead atoms. The van der Waals surface area contributed by atoms with E-state index in [1.807, 2.05) is 6.07 Å². The van der Waals surface area contributed by atoms with Crippen LogP contribution in [0.4, 0.5) is 5.69 Å². The summed E-state index contributed by atoms with van der Waals surface area (Å²) in [6, 6.07) is 13.2. The largest absolute Gasteiger partial charge is 0.567 e. The van der Waals surface area contributed by atoms with Crippen LogP contribution in [0.25, 0.3) is 10.4 Å². The summed E-state index contributed by atoms with van der Waals surface area (Å²) >= 11 is 0. The van der Waals surface area contributed by atoms with Crippen molar-refractivity contribution in [2.24, 2.45) is 7.05 Å². The minimum absolute atomic E-state index is 0.0642. The van der Waals surface area contributed by atoms with Crippen molar-refractivity contribution in [3.8, 4) is 17.2 Å². The van der Waals surface area contributed by atoms with Crippen LogP contribution in [-0.4, -0.2) is 31.0 Å². The molecule has 2 heterocycles. The lowest BCUT2D eigenvalue weighted by atomic mass is 10.3. The van der Waals surface area contributed by atoms with Crippen molar-refractivity contribution in [2.45, 2.75) is 11.8 Å². The summed E-state index contributed by atoms with van der Waals surface area (Å²) in [5.74, 6) is 0.821. The normalized spacial score (nSPS) is 13.4. The van der Waals surface area contributed by atoms with Crippen LogP contribution < -0.4 is 15.0 Å². The molecule has 1 aromatic heterocycles. The molecule has 0 atom stereocenters. The maximum absolute atomic E-state index is 12.9. The van der Waals surface area contributed by atoms with Gasteiger partial charge in [-0.05, 0) is 36.9 Å². The molecule has 3 aromatic rings. The van der Waals surface area contributed by atoms with Gasteiger partial charge >= 0.3 is 0 Å². The summed E-state index contributed by atoms with van der Waals surface area (Å²) in [5, 5.41) is 0. The van der Waals surface area contributed by atoms with Crippen molar-refractivity contribution in [3.63, 3.8) is 0 Å². The van der Waals surface area contributed by atoms with Gasteiger partial charge in [-0.2, -0.15) is 0 Å². The van der Waals surface area contributed by atoms with Crippen LogP contribution in [0, 0.1) is 6.92 Å². The van der Waals surface area contributed by atoms with Crippen molar-refractivity contribution in [1.29, 1.82) is 0 Å². The fourth-order valence-corrected chi connectivity index (χ4v) is 4.07. The zero-order valence-electron chi connectivity index (χ0n) is 15.3. The first-order chi connectivity index (χ1) is 13.4. The predicted molar refractivity (Wildman–Crippen MR) is 103 cm³/mol. The van der Waals surface area contributed by atoms with E-state index >= 15 is 0 Å². The summed E-state index contributed by atoms with van der Waals surface area (Å²) in [6.45, 7) is 2.40. The van der Waals surface area contributed by atoms with Crippen molar-refractivity contribution in [3.05, 3.63) is 69.3 Å². The molecule has 0 aliphatic carbocycles. The number of aromatic nitrogens is 2. The summed E-state index contributed by atoms with van der Waals surface area (Å²) in [5.41, 5.74) is 0.430. The smallest absolute Gasteiger partial charge is 0.257 e. The molecule has 0 radical (unpaired) electrons. The number of fused-ring (bicyclic) bond motifs is 1. The molecular weight excluding hydrogens is 382 g/mol. The zero-order chi connectivity index (χ0) is 19.9. The second kappa shape index (κ2) is 6.75. The van der Waals surface area contributed by atoms with E-state index in [1.54, 1.807) is 42.9 Å². The minimum Gasteiger partial charge on any atom is -0.567 e. The summed E-state index contributed by atoms with van der Waals surface area (Å²) in [7, 11) is -2.43. The third-order valence-electron chi connectivity index (χ3n) is 4.55. The van der Waals surface area contributed by atoms with Gasteiger partial charge in [0.05, 0.1) is 10.6 Å². The first-order valence-corrected chi connectivity index (χ1v) is 10.0. The fraction of sp³-hybridized carbons (Fsp3) is 0.211. The van der Waals surface area contributed by atoms with Gasteiger partial charge in [0.2, 0.25) is 0 Å². The Bertz CT molecular complexity index is 1200. The minimum atomic E-state index is -4.11. The molecule has 0 fully saturated rings. The van der Waals surface area contributed by atoms with Crippen molar-refractivity contribution in [2.75, 3.05) is 13.2 Å². The maximum Gasteiger partial charge on any atom is 0.257 e. The van der Waals surface area contributed by atoms with Gasteiger partial charge in [-0.3, -0.25) is 9.48 Å². The molecule has 0 N–H and O–H groups in total. The number of hydrogen-bond acceptors (Lipinski definition) is 5. The molecule has 0 amide bonds. The highest BCUT2D eigenvalue weighted by Gasteiger charge is 2.17. The van der Waals surface area contributed by atoms with Crippen LogP contribution in [0.1, 0.15) is 5.69 Å². The number of para-hydroxylation sites is 1. The van der Waals surface area contributed by atoms with E-state index in [-0.39, 0.29) is 10.6 Å². The number of ether oxygens (including phenoxy) is 2. The van der Waals surface area contributed by atoms with Gasteiger partial charge in [0.25, 0.3) is 5.56 Å². The van der Waals surface area contributed by atoms with E-state index in [0.717, 1.165) is 0 Å². The molecule has 0 spiro atoms. The Hall–Kier alpha value is -3.20. The lowest BCUT2D eigenvalue weighted by Crippen LogP contribution is -2.19. The van der Waals surface area contributed by atoms with Crippen LogP contribution in [0.2, 0.25) is 0 Å². The third kappa shape index (κ3) is 3.03. The van der Waals surface area contributed by atoms with Gasteiger partial charge < -0.3 is 14.2 Å². The molecule has 1 aliphatic heterocycles. The van der Waals surface area contributed by atoms with Crippen LogP contribution >= 0.6 is 0 Å². The van der Waals surface area contributed by atoms with Gasteiger partial charge in [0, 0.05) is 18.8 Å².